The summed E-state index contributed by atoms with van der Waals surface area (Å²) in [6, 6.07) is 15.5. The van der Waals surface area contributed by atoms with Crippen LogP contribution in [0.1, 0.15) is 21.6 Å². The number of carbonyl (C=O) groups excluding carboxylic acids is 1. The molecule has 0 unspecified atom stereocenters. The first-order chi connectivity index (χ1) is 14.8. The molecular weight excluding hydrogens is 450 g/mol. The predicted molar refractivity (Wildman–Crippen MR) is 127 cm³/mol. The average Bonchev–Trinajstić information content (AvgIpc) is 3.43. The molecule has 1 amide bonds. The maximum atomic E-state index is 12.8. The van der Waals surface area contributed by atoms with Crippen LogP contribution in [0.3, 0.4) is 0 Å². The zero-order valence-corrected chi connectivity index (χ0v) is 19.2. The lowest BCUT2D eigenvalue weighted by atomic mass is 10.1. The van der Waals surface area contributed by atoms with Crippen molar-refractivity contribution in [2.45, 2.75) is 18.7 Å². The maximum Gasteiger partial charge on any atom is 0.275 e. The molecule has 158 valence electrons. The molecule has 4 aromatic rings. The van der Waals surface area contributed by atoms with Gasteiger partial charge in [-0.2, -0.15) is 0 Å². The number of aryl methyl sites for hydroxylation is 2. The van der Waals surface area contributed by atoms with Crippen LogP contribution in [0.2, 0.25) is 0 Å². The molecule has 0 radical (unpaired) electrons. The van der Waals surface area contributed by atoms with Crippen LogP contribution in [0.5, 0.6) is 0 Å². The van der Waals surface area contributed by atoms with E-state index in [1.807, 2.05) is 49.6 Å². The third-order valence-electron chi connectivity index (χ3n) is 4.61. The molecule has 4 rings (SSSR count). The molecule has 0 saturated carbocycles. The van der Waals surface area contributed by atoms with Gasteiger partial charge < -0.3 is 5.32 Å². The number of carbonyl (C=O) groups is 1. The van der Waals surface area contributed by atoms with Gasteiger partial charge in [-0.25, -0.2) is 13.4 Å². The summed E-state index contributed by atoms with van der Waals surface area (Å²) in [6.07, 6.45) is 0. The second-order valence-electron chi connectivity index (χ2n) is 6.87. The Morgan fingerprint density at radius 3 is 2.29 bits per heavy atom. The lowest BCUT2D eigenvalue weighted by Crippen LogP contribution is -2.15. The molecule has 0 atom stereocenters. The number of thiophene rings is 1. The van der Waals surface area contributed by atoms with E-state index in [1.165, 1.54) is 23.5 Å². The van der Waals surface area contributed by atoms with Crippen molar-refractivity contribution < 1.29 is 13.2 Å². The summed E-state index contributed by atoms with van der Waals surface area (Å²) in [4.78, 5) is 18.0. The Morgan fingerprint density at radius 1 is 0.935 bits per heavy atom. The smallest absolute Gasteiger partial charge is 0.275 e. The monoisotopic (exact) mass is 469 g/mol. The molecule has 0 aliphatic heterocycles. The predicted octanol–water partition coefficient (Wildman–Crippen LogP) is 5.54. The highest BCUT2D eigenvalue weighted by Gasteiger charge is 2.17. The first-order valence-electron chi connectivity index (χ1n) is 9.33. The van der Waals surface area contributed by atoms with E-state index in [0.717, 1.165) is 21.0 Å². The quantitative estimate of drug-likeness (QED) is 0.388. The van der Waals surface area contributed by atoms with Crippen molar-refractivity contribution in [3.05, 3.63) is 82.2 Å². The largest absolute Gasteiger partial charge is 0.321 e. The summed E-state index contributed by atoms with van der Waals surface area (Å²) in [6.45, 7) is 3.71. The Kier molecular flexibility index (Phi) is 5.90. The van der Waals surface area contributed by atoms with Gasteiger partial charge in [-0.3, -0.25) is 9.52 Å². The van der Waals surface area contributed by atoms with Gasteiger partial charge in [0.1, 0.15) is 10.7 Å². The minimum absolute atomic E-state index is 0.113. The molecule has 31 heavy (non-hydrogen) atoms. The second-order valence-corrected chi connectivity index (χ2v) is 10.4. The highest BCUT2D eigenvalue weighted by molar-refractivity contribution is 7.92. The molecule has 0 fully saturated rings. The fourth-order valence-corrected chi connectivity index (χ4v) is 5.79. The van der Waals surface area contributed by atoms with Gasteiger partial charge in [0, 0.05) is 11.1 Å². The third kappa shape index (κ3) is 4.68. The minimum Gasteiger partial charge on any atom is -0.321 e. The molecular formula is C22H19N3O3S3. The third-order valence-corrected chi connectivity index (χ3v) is 7.86. The number of anilines is 2. The number of hydrogen-bond donors (Lipinski definition) is 2. The van der Waals surface area contributed by atoms with Gasteiger partial charge in [0.2, 0.25) is 0 Å². The van der Waals surface area contributed by atoms with Gasteiger partial charge in [0.25, 0.3) is 15.9 Å². The lowest BCUT2D eigenvalue weighted by Gasteiger charge is -2.13. The second kappa shape index (κ2) is 8.62. The lowest BCUT2D eigenvalue weighted by molar-refractivity contribution is 0.102. The molecule has 2 N–H and O–H groups in total. The van der Waals surface area contributed by atoms with Gasteiger partial charge in [0.05, 0.1) is 15.5 Å². The number of hydrogen-bond acceptors (Lipinski definition) is 6. The molecule has 2 aromatic heterocycles. The summed E-state index contributed by atoms with van der Waals surface area (Å²) in [5.41, 5.74) is 3.07. The Bertz CT molecular complexity index is 1310. The number of nitrogens with zero attached hydrogens (tertiary/aromatic N) is 1. The molecule has 0 bridgehead atoms. The summed E-state index contributed by atoms with van der Waals surface area (Å²) < 4.78 is 28.2. The normalized spacial score (nSPS) is 11.3. The van der Waals surface area contributed by atoms with Crippen LogP contribution in [0.15, 0.2) is 70.3 Å². The SMILES string of the molecule is Cc1cccc(C)c1NS(=O)(=O)c1ccc(NC(=O)c2csc(-c3cccs3)n2)cc1. The van der Waals surface area contributed by atoms with Crippen molar-refractivity contribution in [2.24, 2.45) is 0 Å². The minimum atomic E-state index is -3.75. The number of sulfonamides is 1. The topological polar surface area (TPSA) is 88.2 Å². The van der Waals surface area contributed by atoms with Crippen molar-refractivity contribution in [3.63, 3.8) is 0 Å². The number of benzene rings is 2. The van der Waals surface area contributed by atoms with E-state index in [1.54, 1.807) is 28.8 Å². The highest BCUT2D eigenvalue weighted by Crippen LogP contribution is 2.28. The van der Waals surface area contributed by atoms with Gasteiger partial charge in [0.15, 0.2) is 0 Å². The molecule has 2 heterocycles. The number of amides is 1. The number of thiazole rings is 1. The number of aromatic nitrogens is 1. The Balaban J connectivity index is 1.47. The first-order valence-corrected chi connectivity index (χ1v) is 12.6. The van der Waals surface area contributed by atoms with Crippen LogP contribution in [0.4, 0.5) is 11.4 Å². The number of para-hydroxylation sites is 1. The van der Waals surface area contributed by atoms with Crippen LogP contribution in [-0.4, -0.2) is 19.3 Å². The molecule has 0 spiro atoms. The fraction of sp³-hybridized carbons (Fsp3) is 0.0909. The zero-order valence-electron chi connectivity index (χ0n) is 16.7. The van der Waals surface area contributed by atoms with Crippen LogP contribution < -0.4 is 10.0 Å². The van der Waals surface area contributed by atoms with E-state index in [2.05, 4.69) is 15.0 Å². The van der Waals surface area contributed by atoms with Gasteiger partial charge in [-0.1, -0.05) is 24.3 Å². The van der Waals surface area contributed by atoms with Crippen LogP contribution in [-0.2, 0) is 10.0 Å². The van der Waals surface area contributed by atoms with E-state index in [4.69, 9.17) is 0 Å². The molecule has 6 nitrogen and oxygen atoms in total. The van der Waals surface area contributed by atoms with E-state index < -0.39 is 10.0 Å². The fourth-order valence-electron chi connectivity index (χ4n) is 2.97. The van der Waals surface area contributed by atoms with Crippen LogP contribution in [0, 0.1) is 13.8 Å². The summed E-state index contributed by atoms with van der Waals surface area (Å²) >= 11 is 2.97. The average molecular weight is 470 g/mol. The van der Waals surface area contributed by atoms with E-state index in [9.17, 15) is 13.2 Å². The maximum absolute atomic E-state index is 12.8. The van der Waals surface area contributed by atoms with Crippen molar-refractivity contribution in [3.8, 4) is 9.88 Å². The Morgan fingerprint density at radius 2 is 1.65 bits per heavy atom. The van der Waals surface area contributed by atoms with E-state index in [0.29, 0.717) is 17.1 Å². The van der Waals surface area contributed by atoms with E-state index >= 15 is 0 Å². The highest BCUT2D eigenvalue weighted by atomic mass is 32.2. The standard InChI is InChI=1S/C22H19N3O3S3/c1-14-5-3-6-15(2)20(14)25-31(27,28)17-10-8-16(9-11-17)23-21(26)18-13-30-22(24-18)19-7-4-12-29-19/h3-13,25H,1-2H3,(H,23,26). The van der Waals surface area contributed by atoms with Gasteiger partial charge in [-0.05, 0) is 60.7 Å². The molecule has 0 saturated heterocycles. The number of nitrogens with one attached hydrogen (secondary N) is 2. The van der Waals surface area contributed by atoms with Crippen molar-refractivity contribution in [1.82, 2.24) is 4.98 Å². The molecule has 0 aliphatic carbocycles. The number of rotatable bonds is 6. The molecule has 0 aliphatic rings. The van der Waals surface area contributed by atoms with Crippen LogP contribution in [0.25, 0.3) is 9.88 Å². The summed E-state index contributed by atoms with van der Waals surface area (Å²) in [5.74, 6) is -0.344. The molecule has 9 heteroatoms. The van der Waals surface area contributed by atoms with Crippen molar-refractivity contribution in [2.75, 3.05) is 10.0 Å². The van der Waals surface area contributed by atoms with Crippen molar-refractivity contribution in [1.29, 1.82) is 0 Å². The zero-order chi connectivity index (χ0) is 22.0. The van der Waals surface area contributed by atoms with Crippen LogP contribution >= 0.6 is 22.7 Å². The summed E-state index contributed by atoms with van der Waals surface area (Å²) in [5, 5.41) is 7.21. The van der Waals surface area contributed by atoms with Crippen molar-refractivity contribution >= 4 is 50.0 Å². The summed E-state index contributed by atoms with van der Waals surface area (Å²) in [7, 11) is -3.75. The Labute approximate surface area is 188 Å². The Hall–Kier alpha value is -3.01. The van der Waals surface area contributed by atoms with Gasteiger partial charge >= 0.3 is 0 Å². The molecule has 2 aromatic carbocycles. The van der Waals surface area contributed by atoms with Gasteiger partial charge in [-0.15, -0.1) is 22.7 Å². The first kappa shape index (κ1) is 21.2. The van der Waals surface area contributed by atoms with E-state index in [-0.39, 0.29) is 10.8 Å².